The predicted octanol–water partition coefficient (Wildman–Crippen LogP) is 1.95. The summed E-state index contributed by atoms with van der Waals surface area (Å²) in [6.45, 7) is 3.35. The lowest BCUT2D eigenvalue weighted by Crippen LogP contribution is -2.35. The van der Waals surface area contributed by atoms with Gasteiger partial charge in [-0.05, 0) is 31.5 Å². The molecule has 0 saturated carbocycles. The Kier molecular flexibility index (Phi) is 3.80. The van der Waals surface area contributed by atoms with E-state index in [-0.39, 0.29) is 11.9 Å². The molecule has 0 aliphatic heterocycles. The van der Waals surface area contributed by atoms with Crippen LogP contribution in [-0.4, -0.2) is 17.1 Å². The highest BCUT2D eigenvalue weighted by Crippen LogP contribution is 2.13. The van der Waals surface area contributed by atoms with Crippen LogP contribution >= 0.6 is 0 Å². The lowest BCUT2D eigenvalue weighted by Gasteiger charge is -2.17. The summed E-state index contributed by atoms with van der Waals surface area (Å²) in [6.07, 6.45) is 0. The standard InChI is InChI=1S/C11H14FNO2/c1-7(13-8(2)11(14)15)9-4-3-5-10(12)6-9/h3-8,13H,1-2H3,(H,14,15)/t7-,8?/m1/s1. The quantitative estimate of drug-likeness (QED) is 0.800. The summed E-state index contributed by atoms with van der Waals surface area (Å²) in [7, 11) is 0. The van der Waals surface area contributed by atoms with E-state index in [0.717, 1.165) is 5.56 Å². The minimum Gasteiger partial charge on any atom is -0.480 e. The maximum absolute atomic E-state index is 12.9. The van der Waals surface area contributed by atoms with Crippen LogP contribution < -0.4 is 5.32 Å². The van der Waals surface area contributed by atoms with E-state index >= 15 is 0 Å². The van der Waals surface area contributed by atoms with Crippen molar-refractivity contribution in [2.45, 2.75) is 25.9 Å². The Morgan fingerprint density at radius 3 is 2.67 bits per heavy atom. The first-order valence-electron chi connectivity index (χ1n) is 4.75. The Balaban J connectivity index is 2.68. The molecular formula is C11H14FNO2. The molecule has 15 heavy (non-hydrogen) atoms. The van der Waals surface area contributed by atoms with Gasteiger partial charge in [-0.1, -0.05) is 12.1 Å². The van der Waals surface area contributed by atoms with Gasteiger partial charge in [-0.15, -0.1) is 0 Å². The van der Waals surface area contributed by atoms with Crippen molar-refractivity contribution >= 4 is 5.97 Å². The highest BCUT2D eigenvalue weighted by atomic mass is 19.1. The van der Waals surface area contributed by atoms with Crippen molar-refractivity contribution in [2.24, 2.45) is 0 Å². The zero-order chi connectivity index (χ0) is 11.4. The van der Waals surface area contributed by atoms with E-state index < -0.39 is 12.0 Å². The number of carbonyl (C=O) groups is 1. The van der Waals surface area contributed by atoms with Crippen molar-refractivity contribution in [2.75, 3.05) is 0 Å². The van der Waals surface area contributed by atoms with E-state index in [0.29, 0.717) is 0 Å². The van der Waals surface area contributed by atoms with E-state index in [4.69, 9.17) is 5.11 Å². The number of halogens is 1. The molecule has 0 aliphatic carbocycles. The number of rotatable bonds is 4. The average Bonchev–Trinajstić information content (AvgIpc) is 2.17. The van der Waals surface area contributed by atoms with Crippen molar-refractivity contribution in [3.8, 4) is 0 Å². The van der Waals surface area contributed by atoms with E-state index in [1.54, 1.807) is 26.0 Å². The minimum atomic E-state index is -0.918. The molecular weight excluding hydrogens is 197 g/mol. The van der Waals surface area contributed by atoms with Gasteiger partial charge in [0.05, 0.1) is 0 Å². The first-order chi connectivity index (χ1) is 7.00. The topological polar surface area (TPSA) is 49.3 Å². The molecule has 0 heterocycles. The second-order valence-electron chi connectivity index (χ2n) is 3.50. The number of hydrogen-bond acceptors (Lipinski definition) is 2. The molecule has 2 N–H and O–H groups in total. The molecule has 1 aromatic carbocycles. The van der Waals surface area contributed by atoms with Crippen molar-refractivity contribution in [1.29, 1.82) is 0 Å². The Hall–Kier alpha value is -1.42. The third kappa shape index (κ3) is 3.32. The summed E-state index contributed by atoms with van der Waals surface area (Å²) in [5.74, 6) is -1.23. The SMILES string of the molecule is CC(N[C@H](C)c1cccc(F)c1)C(=O)O. The second kappa shape index (κ2) is 4.89. The van der Waals surface area contributed by atoms with Gasteiger partial charge in [-0.3, -0.25) is 10.1 Å². The summed E-state index contributed by atoms with van der Waals surface area (Å²) in [6, 6.07) is 5.28. The van der Waals surface area contributed by atoms with E-state index in [9.17, 15) is 9.18 Å². The Morgan fingerprint density at radius 2 is 2.13 bits per heavy atom. The fourth-order valence-corrected chi connectivity index (χ4v) is 1.32. The lowest BCUT2D eigenvalue weighted by atomic mass is 10.1. The molecule has 0 amide bonds. The summed E-state index contributed by atoms with van der Waals surface area (Å²) in [5.41, 5.74) is 0.739. The number of carboxylic acid groups (broad SMARTS) is 1. The van der Waals surface area contributed by atoms with Crippen LogP contribution in [0.4, 0.5) is 4.39 Å². The van der Waals surface area contributed by atoms with E-state index in [1.807, 2.05) is 0 Å². The Morgan fingerprint density at radius 1 is 1.47 bits per heavy atom. The van der Waals surface area contributed by atoms with E-state index in [2.05, 4.69) is 5.32 Å². The zero-order valence-corrected chi connectivity index (χ0v) is 8.70. The maximum atomic E-state index is 12.9. The summed E-state index contributed by atoms with van der Waals surface area (Å²) >= 11 is 0. The van der Waals surface area contributed by atoms with Crippen LogP contribution in [0, 0.1) is 5.82 Å². The van der Waals surface area contributed by atoms with Crippen molar-refractivity contribution in [3.63, 3.8) is 0 Å². The number of nitrogens with one attached hydrogen (secondary N) is 1. The van der Waals surface area contributed by atoms with Gasteiger partial charge in [0, 0.05) is 6.04 Å². The molecule has 0 spiro atoms. The molecule has 0 radical (unpaired) electrons. The van der Waals surface area contributed by atoms with Crippen LogP contribution in [0.1, 0.15) is 25.5 Å². The van der Waals surface area contributed by atoms with Crippen LogP contribution in [0.15, 0.2) is 24.3 Å². The van der Waals surface area contributed by atoms with Crippen molar-refractivity contribution < 1.29 is 14.3 Å². The van der Waals surface area contributed by atoms with Crippen LogP contribution in [0.25, 0.3) is 0 Å². The van der Waals surface area contributed by atoms with Crippen LogP contribution in [-0.2, 0) is 4.79 Å². The molecule has 0 bridgehead atoms. The van der Waals surface area contributed by atoms with Crippen LogP contribution in [0.3, 0.4) is 0 Å². The van der Waals surface area contributed by atoms with Gasteiger partial charge < -0.3 is 5.11 Å². The number of hydrogen-bond donors (Lipinski definition) is 2. The van der Waals surface area contributed by atoms with Gasteiger partial charge in [0.1, 0.15) is 11.9 Å². The second-order valence-corrected chi connectivity index (χ2v) is 3.50. The first kappa shape index (κ1) is 11.7. The average molecular weight is 211 g/mol. The molecule has 0 saturated heterocycles. The maximum Gasteiger partial charge on any atom is 0.320 e. The van der Waals surface area contributed by atoms with E-state index in [1.165, 1.54) is 12.1 Å². The number of benzene rings is 1. The molecule has 0 aliphatic rings. The van der Waals surface area contributed by atoms with Gasteiger partial charge >= 0.3 is 5.97 Å². The molecule has 0 aromatic heterocycles. The normalized spacial score (nSPS) is 14.6. The van der Waals surface area contributed by atoms with Gasteiger partial charge in [0.2, 0.25) is 0 Å². The number of carboxylic acids is 1. The van der Waals surface area contributed by atoms with Gasteiger partial charge in [-0.25, -0.2) is 4.39 Å². The van der Waals surface area contributed by atoms with Crippen molar-refractivity contribution in [1.82, 2.24) is 5.32 Å². The number of aliphatic carboxylic acids is 1. The highest BCUT2D eigenvalue weighted by molar-refractivity contribution is 5.72. The molecule has 1 rings (SSSR count). The predicted molar refractivity (Wildman–Crippen MR) is 55.0 cm³/mol. The van der Waals surface area contributed by atoms with Gasteiger partial charge in [-0.2, -0.15) is 0 Å². The van der Waals surface area contributed by atoms with Gasteiger partial charge in [0.15, 0.2) is 0 Å². The molecule has 4 heteroatoms. The van der Waals surface area contributed by atoms with Crippen LogP contribution in [0.2, 0.25) is 0 Å². The molecule has 3 nitrogen and oxygen atoms in total. The fraction of sp³-hybridized carbons (Fsp3) is 0.364. The third-order valence-electron chi connectivity index (χ3n) is 2.22. The van der Waals surface area contributed by atoms with Gasteiger partial charge in [0.25, 0.3) is 0 Å². The largest absolute Gasteiger partial charge is 0.480 e. The highest BCUT2D eigenvalue weighted by Gasteiger charge is 2.14. The minimum absolute atomic E-state index is 0.188. The first-order valence-corrected chi connectivity index (χ1v) is 4.75. The molecule has 1 unspecified atom stereocenters. The lowest BCUT2D eigenvalue weighted by molar-refractivity contribution is -0.139. The monoisotopic (exact) mass is 211 g/mol. The Bertz CT molecular complexity index is 354. The molecule has 2 atom stereocenters. The zero-order valence-electron chi connectivity index (χ0n) is 8.70. The third-order valence-corrected chi connectivity index (χ3v) is 2.22. The molecule has 82 valence electrons. The Labute approximate surface area is 87.9 Å². The molecule has 0 fully saturated rings. The molecule has 1 aromatic rings. The van der Waals surface area contributed by atoms with Crippen molar-refractivity contribution in [3.05, 3.63) is 35.6 Å². The smallest absolute Gasteiger partial charge is 0.320 e. The van der Waals surface area contributed by atoms with Crippen LogP contribution in [0.5, 0.6) is 0 Å². The fourth-order valence-electron chi connectivity index (χ4n) is 1.32. The summed E-state index contributed by atoms with van der Waals surface area (Å²) in [5, 5.41) is 11.6. The summed E-state index contributed by atoms with van der Waals surface area (Å²) in [4.78, 5) is 10.6. The summed E-state index contributed by atoms with van der Waals surface area (Å²) < 4.78 is 12.9.